The molecule has 0 aliphatic heterocycles. The van der Waals surface area contributed by atoms with Crippen molar-refractivity contribution in [3.63, 3.8) is 0 Å². The third-order valence-electron chi connectivity index (χ3n) is 4.25. The first-order valence-electron chi connectivity index (χ1n) is 6.41. The van der Waals surface area contributed by atoms with Gasteiger partial charge in [-0.1, -0.05) is 6.07 Å². The molecule has 0 atom stereocenters. The van der Waals surface area contributed by atoms with Crippen LogP contribution in [-0.4, -0.2) is 13.7 Å². The molecule has 2 aliphatic carbocycles. The lowest BCUT2D eigenvalue weighted by Gasteiger charge is -2.18. The smallest absolute Gasteiger partial charge is 0.143 e. The third kappa shape index (κ3) is 1.94. The number of rotatable bonds is 5. The van der Waals surface area contributed by atoms with Crippen LogP contribution in [0.5, 0.6) is 5.75 Å². The summed E-state index contributed by atoms with van der Waals surface area (Å²) >= 11 is 0. The van der Waals surface area contributed by atoms with Crippen molar-refractivity contribution in [3.05, 3.63) is 18.2 Å². The van der Waals surface area contributed by atoms with E-state index in [0.29, 0.717) is 5.41 Å². The van der Waals surface area contributed by atoms with Crippen LogP contribution >= 0.6 is 0 Å². The summed E-state index contributed by atoms with van der Waals surface area (Å²) in [5.41, 5.74) is 8.37. The Labute approximate surface area is 102 Å². The first-order valence-corrected chi connectivity index (χ1v) is 6.41. The van der Waals surface area contributed by atoms with Crippen LogP contribution in [0.15, 0.2) is 18.2 Å². The molecule has 0 aromatic heterocycles. The quantitative estimate of drug-likeness (QED) is 0.767. The maximum absolute atomic E-state index is 6.05. The van der Waals surface area contributed by atoms with Gasteiger partial charge in [0, 0.05) is 6.54 Å². The van der Waals surface area contributed by atoms with Crippen molar-refractivity contribution in [2.75, 3.05) is 24.7 Å². The van der Waals surface area contributed by atoms with Gasteiger partial charge in [-0.05, 0) is 49.1 Å². The summed E-state index contributed by atoms with van der Waals surface area (Å²) in [4.78, 5) is 0. The average molecular weight is 232 g/mol. The van der Waals surface area contributed by atoms with Gasteiger partial charge in [0.2, 0.25) is 0 Å². The largest absolute Gasteiger partial charge is 0.495 e. The molecule has 17 heavy (non-hydrogen) atoms. The molecule has 0 heterocycles. The summed E-state index contributed by atoms with van der Waals surface area (Å²) in [5, 5.41) is 3.51. The van der Waals surface area contributed by atoms with Gasteiger partial charge in [-0.3, -0.25) is 0 Å². The fourth-order valence-corrected chi connectivity index (χ4v) is 2.73. The normalized spacial score (nSPS) is 21.0. The lowest BCUT2D eigenvalue weighted by Crippen LogP contribution is -2.18. The molecule has 0 radical (unpaired) electrons. The number of para-hydroxylation sites is 1. The Kier molecular flexibility index (Phi) is 2.42. The number of anilines is 2. The number of methoxy groups -OCH3 is 1. The summed E-state index contributed by atoms with van der Waals surface area (Å²) in [6.07, 6.45) is 5.62. The number of hydrogen-bond donors (Lipinski definition) is 2. The molecule has 0 bridgehead atoms. The number of hydrogen-bond acceptors (Lipinski definition) is 3. The van der Waals surface area contributed by atoms with E-state index in [1.54, 1.807) is 7.11 Å². The molecule has 3 N–H and O–H groups in total. The Morgan fingerprint density at radius 1 is 1.41 bits per heavy atom. The summed E-state index contributed by atoms with van der Waals surface area (Å²) in [7, 11) is 1.65. The van der Waals surface area contributed by atoms with Gasteiger partial charge in [-0.25, -0.2) is 0 Å². The predicted octanol–water partition coefficient (Wildman–Crippen LogP) is 2.88. The van der Waals surface area contributed by atoms with E-state index in [-0.39, 0.29) is 0 Å². The Morgan fingerprint density at radius 3 is 2.76 bits per heavy atom. The standard InChI is InChI=1S/C14H20N2O/c1-17-12-4-2-3-11(13(12)15)16-9-14(7-8-14)10-5-6-10/h2-4,10,16H,5-9,15H2,1H3. The van der Waals surface area contributed by atoms with Gasteiger partial charge in [0.25, 0.3) is 0 Å². The zero-order valence-corrected chi connectivity index (χ0v) is 10.3. The molecule has 0 spiro atoms. The van der Waals surface area contributed by atoms with Crippen LogP contribution < -0.4 is 15.8 Å². The van der Waals surface area contributed by atoms with E-state index >= 15 is 0 Å². The molecular formula is C14H20N2O. The van der Waals surface area contributed by atoms with E-state index in [1.165, 1.54) is 25.7 Å². The Balaban J connectivity index is 1.68. The molecule has 3 heteroatoms. The van der Waals surface area contributed by atoms with Crippen LogP contribution in [0.1, 0.15) is 25.7 Å². The highest BCUT2D eigenvalue weighted by atomic mass is 16.5. The van der Waals surface area contributed by atoms with Gasteiger partial charge in [0.1, 0.15) is 5.75 Å². The van der Waals surface area contributed by atoms with E-state index < -0.39 is 0 Å². The van der Waals surface area contributed by atoms with Gasteiger partial charge in [0.15, 0.2) is 0 Å². The second kappa shape index (κ2) is 3.83. The first kappa shape index (κ1) is 10.8. The van der Waals surface area contributed by atoms with Gasteiger partial charge in [-0.2, -0.15) is 0 Å². The molecule has 3 rings (SSSR count). The minimum absolute atomic E-state index is 0.593. The van der Waals surface area contributed by atoms with Gasteiger partial charge in [0.05, 0.1) is 18.5 Å². The summed E-state index contributed by atoms with van der Waals surface area (Å²) in [6.45, 7) is 1.06. The fraction of sp³-hybridized carbons (Fsp3) is 0.571. The van der Waals surface area contributed by atoms with Crippen LogP contribution in [0, 0.1) is 11.3 Å². The van der Waals surface area contributed by atoms with E-state index in [2.05, 4.69) is 5.32 Å². The third-order valence-corrected chi connectivity index (χ3v) is 4.25. The lowest BCUT2D eigenvalue weighted by atomic mass is 10.0. The van der Waals surface area contributed by atoms with E-state index in [4.69, 9.17) is 10.5 Å². The second-order valence-electron chi connectivity index (χ2n) is 5.41. The van der Waals surface area contributed by atoms with Crippen molar-refractivity contribution in [2.24, 2.45) is 11.3 Å². The molecular weight excluding hydrogens is 212 g/mol. The molecule has 3 nitrogen and oxygen atoms in total. The number of benzene rings is 1. The maximum Gasteiger partial charge on any atom is 0.143 e. The van der Waals surface area contributed by atoms with Crippen LogP contribution in [0.4, 0.5) is 11.4 Å². The number of nitrogens with one attached hydrogen (secondary N) is 1. The van der Waals surface area contributed by atoms with Crippen LogP contribution in [0.2, 0.25) is 0 Å². The first-order chi connectivity index (χ1) is 8.25. The SMILES string of the molecule is COc1cccc(NCC2(C3CC3)CC2)c1N. The van der Waals surface area contributed by atoms with E-state index in [1.807, 2.05) is 18.2 Å². The average Bonchev–Trinajstić information content (AvgIpc) is 3.19. The van der Waals surface area contributed by atoms with Crippen molar-refractivity contribution >= 4 is 11.4 Å². The Hall–Kier alpha value is -1.38. The van der Waals surface area contributed by atoms with Crippen LogP contribution in [0.3, 0.4) is 0 Å². The van der Waals surface area contributed by atoms with Crippen molar-refractivity contribution in [1.82, 2.24) is 0 Å². The number of nitrogens with two attached hydrogens (primary N) is 1. The summed E-state index contributed by atoms with van der Waals surface area (Å²) < 4.78 is 5.23. The summed E-state index contributed by atoms with van der Waals surface area (Å²) in [5.74, 6) is 1.73. The van der Waals surface area contributed by atoms with Crippen LogP contribution in [-0.2, 0) is 0 Å². The zero-order chi connectivity index (χ0) is 11.9. The van der Waals surface area contributed by atoms with Crippen molar-refractivity contribution in [1.29, 1.82) is 0 Å². The Morgan fingerprint density at radius 2 is 2.18 bits per heavy atom. The molecule has 0 saturated heterocycles. The lowest BCUT2D eigenvalue weighted by molar-refractivity contribution is 0.417. The zero-order valence-electron chi connectivity index (χ0n) is 10.3. The fourth-order valence-electron chi connectivity index (χ4n) is 2.73. The number of ether oxygens (including phenoxy) is 1. The molecule has 0 unspecified atom stereocenters. The van der Waals surface area contributed by atoms with Gasteiger partial charge in [-0.15, -0.1) is 0 Å². The molecule has 1 aromatic carbocycles. The molecule has 2 saturated carbocycles. The minimum Gasteiger partial charge on any atom is -0.495 e. The highest BCUT2D eigenvalue weighted by Crippen LogP contribution is 2.61. The van der Waals surface area contributed by atoms with E-state index in [0.717, 1.165) is 29.6 Å². The second-order valence-corrected chi connectivity index (χ2v) is 5.41. The molecule has 0 amide bonds. The van der Waals surface area contributed by atoms with Gasteiger partial charge < -0.3 is 15.8 Å². The minimum atomic E-state index is 0.593. The molecule has 2 aliphatic rings. The molecule has 92 valence electrons. The molecule has 1 aromatic rings. The number of nitrogen functional groups attached to an aromatic ring is 1. The highest BCUT2D eigenvalue weighted by Gasteiger charge is 2.53. The highest BCUT2D eigenvalue weighted by molar-refractivity contribution is 5.73. The topological polar surface area (TPSA) is 47.3 Å². The predicted molar refractivity (Wildman–Crippen MR) is 70.3 cm³/mol. The van der Waals surface area contributed by atoms with Crippen molar-refractivity contribution < 1.29 is 4.74 Å². The van der Waals surface area contributed by atoms with Crippen molar-refractivity contribution in [3.8, 4) is 5.75 Å². The van der Waals surface area contributed by atoms with E-state index in [9.17, 15) is 0 Å². The molecule has 2 fully saturated rings. The van der Waals surface area contributed by atoms with Crippen molar-refractivity contribution in [2.45, 2.75) is 25.7 Å². The maximum atomic E-state index is 6.05. The van der Waals surface area contributed by atoms with Crippen LogP contribution in [0.25, 0.3) is 0 Å². The van der Waals surface area contributed by atoms with Gasteiger partial charge >= 0.3 is 0 Å². The Bertz CT molecular complexity index is 422. The summed E-state index contributed by atoms with van der Waals surface area (Å²) in [6, 6.07) is 5.91. The monoisotopic (exact) mass is 232 g/mol.